The maximum Gasteiger partial charge on any atom is 0.153 e. The van der Waals surface area contributed by atoms with E-state index < -0.39 is 5.54 Å². The average molecular weight is 384 g/mol. The molecule has 0 saturated carbocycles. The van der Waals surface area contributed by atoms with Crippen LogP contribution in [0.2, 0.25) is 0 Å². The van der Waals surface area contributed by atoms with Gasteiger partial charge in [0.1, 0.15) is 11.3 Å². The molecule has 7 heteroatoms. The van der Waals surface area contributed by atoms with Crippen LogP contribution in [-0.2, 0) is 11.3 Å². The van der Waals surface area contributed by atoms with Crippen molar-refractivity contribution in [3.63, 3.8) is 0 Å². The molecule has 23 heavy (non-hydrogen) atoms. The number of fused-ring (bicyclic) bond motifs is 1. The predicted octanol–water partition coefficient (Wildman–Crippen LogP) is 1.76. The zero-order valence-corrected chi connectivity index (χ0v) is 15.0. The Bertz CT molecular complexity index is 678. The number of pyridine rings is 1. The van der Waals surface area contributed by atoms with Gasteiger partial charge < -0.3 is 19.6 Å². The second-order valence-corrected chi connectivity index (χ2v) is 7.13. The molecule has 6 nitrogen and oxygen atoms in total. The number of ether oxygens (including phenoxy) is 1. The molecule has 1 saturated heterocycles. The van der Waals surface area contributed by atoms with Crippen LogP contribution >= 0.6 is 15.9 Å². The Morgan fingerprint density at radius 1 is 1.52 bits per heavy atom. The number of aromatic nitrogens is 1. The van der Waals surface area contributed by atoms with Gasteiger partial charge in [0.2, 0.25) is 0 Å². The molecule has 1 aliphatic rings. The molecule has 2 atom stereocenters. The number of hydrogen-bond donors (Lipinski definition) is 2. The van der Waals surface area contributed by atoms with Crippen molar-refractivity contribution < 1.29 is 14.3 Å². The molecule has 2 aromatic rings. The van der Waals surface area contributed by atoms with Gasteiger partial charge >= 0.3 is 0 Å². The number of likely N-dealkylation sites (N-methyl/N-ethyl adjacent to an activating group) is 1. The van der Waals surface area contributed by atoms with Crippen molar-refractivity contribution in [3.05, 3.63) is 28.6 Å². The first-order valence-electron chi connectivity index (χ1n) is 7.70. The van der Waals surface area contributed by atoms with E-state index in [1.54, 1.807) is 6.20 Å². The Morgan fingerprint density at radius 2 is 2.35 bits per heavy atom. The van der Waals surface area contributed by atoms with Gasteiger partial charge in [0, 0.05) is 29.3 Å². The first-order valence-corrected chi connectivity index (χ1v) is 8.49. The summed E-state index contributed by atoms with van der Waals surface area (Å²) in [5.41, 5.74) is 1.21. The van der Waals surface area contributed by atoms with Crippen molar-refractivity contribution in [1.82, 2.24) is 15.2 Å². The van der Waals surface area contributed by atoms with Gasteiger partial charge in [-0.3, -0.25) is 9.88 Å². The van der Waals surface area contributed by atoms with Crippen LogP contribution in [0, 0.1) is 0 Å². The molecule has 126 valence electrons. The zero-order valence-electron chi connectivity index (χ0n) is 13.4. The van der Waals surface area contributed by atoms with Gasteiger partial charge in [-0.1, -0.05) is 0 Å². The van der Waals surface area contributed by atoms with Crippen LogP contribution in [0.3, 0.4) is 0 Å². The van der Waals surface area contributed by atoms with E-state index in [0.29, 0.717) is 26.3 Å². The number of aliphatic hydroxyl groups excluding tert-OH is 1. The quantitative estimate of drug-likeness (QED) is 0.819. The van der Waals surface area contributed by atoms with Crippen LogP contribution in [-0.4, -0.2) is 60.0 Å². The van der Waals surface area contributed by atoms with Crippen molar-refractivity contribution >= 4 is 27.0 Å². The third-order valence-corrected chi connectivity index (χ3v) is 5.01. The lowest BCUT2D eigenvalue weighted by atomic mass is 9.96. The van der Waals surface area contributed by atoms with E-state index in [0.717, 1.165) is 21.3 Å². The summed E-state index contributed by atoms with van der Waals surface area (Å²) < 4.78 is 12.3. The van der Waals surface area contributed by atoms with Gasteiger partial charge in [-0.2, -0.15) is 0 Å². The highest BCUT2D eigenvalue weighted by Crippen LogP contribution is 2.23. The van der Waals surface area contributed by atoms with Crippen LogP contribution in [0.4, 0.5) is 0 Å². The summed E-state index contributed by atoms with van der Waals surface area (Å²) in [6.45, 7) is 4.58. The third kappa shape index (κ3) is 3.44. The van der Waals surface area contributed by atoms with E-state index in [2.05, 4.69) is 38.1 Å². The van der Waals surface area contributed by atoms with Crippen molar-refractivity contribution in [3.8, 4) is 0 Å². The molecule has 2 N–H and O–H groups in total. The van der Waals surface area contributed by atoms with Crippen LogP contribution in [0.5, 0.6) is 0 Å². The molecule has 0 amide bonds. The number of nitrogens with one attached hydrogen (secondary N) is 1. The van der Waals surface area contributed by atoms with Crippen molar-refractivity contribution in [2.24, 2.45) is 0 Å². The summed E-state index contributed by atoms with van der Waals surface area (Å²) in [6, 6.07) is 4.13. The first-order chi connectivity index (χ1) is 11.0. The number of rotatable bonds is 5. The summed E-state index contributed by atoms with van der Waals surface area (Å²) in [5, 5.41) is 13.2. The molecular formula is C16H22BrN3O3. The van der Waals surface area contributed by atoms with E-state index >= 15 is 0 Å². The highest BCUT2D eigenvalue weighted by atomic mass is 79.9. The summed E-state index contributed by atoms with van der Waals surface area (Å²) >= 11 is 3.39. The molecule has 0 radical (unpaired) electrons. The highest BCUT2D eigenvalue weighted by Gasteiger charge is 2.40. The van der Waals surface area contributed by atoms with Gasteiger partial charge in [0.25, 0.3) is 0 Å². The van der Waals surface area contributed by atoms with E-state index in [1.807, 2.05) is 19.2 Å². The van der Waals surface area contributed by atoms with Crippen LogP contribution in [0.25, 0.3) is 11.1 Å². The number of aliphatic hydroxyl groups is 1. The number of hydrogen-bond acceptors (Lipinski definition) is 6. The summed E-state index contributed by atoms with van der Waals surface area (Å²) in [5.74, 6) is 0.825. The second-order valence-electron chi connectivity index (χ2n) is 6.21. The fourth-order valence-electron chi connectivity index (χ4n) is 2.94. The fourth-order valence-corrected chi connectivity index (χ4v) is 3.25. The second kappa shape index (κ2) is 6.86. The normalized spacial score (nSPS) is 26.0. The van der Waals surface area contributed by atoms with Gasteiger partial charge in [0.15, 0.2) is 5.58 Å². The van der Waals surface area contributed by atoms with E-state index in [9.17, 15) is 5.11 Å². The van der Waals surface area contributed by atoms with Gasteiger partial charge in [-0.05, 0) is 36.0 Å². The molecule has 0 aliphatic carbocycles. The molecule has 1 aliphatic heterocycles. The minimum absolute atomic E-state index is 0.0511. The Morgan fingerprint density at radius 3 is 3.13 bits per heavy atom. The van der Waals surface area contributed by atoms with Crippen molar-refractivity contribution in [2.45, 2.75) is 25.0 Å². The molecule has 1 fully saturated rings. The highest BCUT2D eigenvalue weighted by molar-refractivity contribution is 9.10. The maximum absolute atomic E-state index is 9.87. The Labute approximate surface area is 143 Å². The summed E-state index contributed by atoms with van der Waals surface area (Å²) in [4.78, 5) is 6.51. The number of nitrogens with zero attached hydrogens (tertiary/aromatic N) is 2. The molecule has 2 aromatic heterocycles. The number of furan rings is 1. The first kappa shape index (κ1) is 16.9. The topological polar surface area (TPSA) is 70.8 Å². The Kier molecular flexibility index (Phi) is 5.03. The monoisotopic (exact) mass is 383 g/mol. The van der Waals surface area contributed by atoms with E-state index in [1.165, 1.54) is 0 Å². The summed E-state index contributed by atoms with van der Waals surface area (Å²) in [6.07, 6.45) is 1.76. The van der Waals surface area contributed by atoms with Gasteiger partial charge in [-0.15, -0.1) is 0 Å². The number of halogens is 1. The molecule has 0 aromatic carbocycles. The lowest BCUT2D eigenvalue weighted by Crippen LogP contribution is -2.65. The Hall–Kier alpha value is -0.990. The smallest absolute Gasteiger partial charge is 0.153 e. The lowest BCUT2D eigenvalue weighted by Gasteiger charge is -2.47. The largest absolute Gasteiger partial charge is 0.458 e. The minimum Gasteiger partial charge on any atom is -0.458 e. The predicted molar refractivity (Wildman–Crippen MR) is 91.3 cm³/mol. The molecule has 3 rings (SSSR count). The standard InChI is InChI=1S/C16H22BrN3O3/c1-11-7-22-10-16(9-21,20(11)2)8-18-6-13-4-14-15(23-13)3-12(17)5-19-14/h3-5,11,18,21H,6-10H2,1-2H3/t11-,16+/m1/s1. The maximum atomic E-state index is 9.87. The minimum atomic E-state index is -0.398. The Balaban J connectivity index is 1.65. The van der Waals surface area contributed by atoms with Crippen LogP contribution < -0.4 is 5.32 Å². The lowest BCUT2D eigenvalue weighted by molar-refractivity contribution is -0.106. The average Bonchev–Trinajstić information content (AvgIpc) is 2.93. The third-order valence-electron chi connectivity index (χ3n) is 4.57. The molecule has 0 unspecified atom stereocenters. The van der Waals surface area contributed by atoms with Crippen molar-refractivity contribution in [2.75, 3.05) is 33.4 Å². The van der Waals surface area contributed by atoms with Gasteiger partial charge in [0.05, 0.1) is 31.9 Å². The SMILES string of the molecule is C[C@@H]1COC[C@@](CO)(CNCc2cc3ncc(Br)cc3o2)N1C. The van der Waals surface area contributed by atoms with E-state index in [4.69, 9.17) is 9.15 Å². The summed E-state index contributed by atoms with van der Waals surface area (Å²) in [7, 11) is 2.04. The fraction of sp³-hybridized carbons (Fsp3) is 0.562. The molecule has 0 spiro atoms. The zero-order chi connectivity index (χ0) is 16.4. The van der Waals surface area contributed by atoms with E-state index in [-0.39, 0.29) is 12.6 Å². The number of morpholine rings is 1. The van der Waals surface area contributed by atoms with Gasteiger partial charge in [-0.25, -0.2) is 0 Å². The molecular weight excluding hydrogens is 362 g/mol. The molecule has 3 heterocycles. The molecule has 0 bridgehead atoms. The van der Waals surface area contributed by atoms with Crippen molar-refractivity contribution in [1.29, 1.82) is 0 Å². The van der Waals surface area contributed by atoms with Crippen LogP contribution in [0.15, 0.2) is 27.2 Å². The van der Waals surface area contributed by atoms with Crippen LogP contribution in [0.1, 0.15) is 12.7 Å².